The van der Waals surface area contributed by atoms with E-state index < -0.39 is 0 Å². The van der Waals surface area contributed by atoms with Gasteiger partial charge in [0.1, 0.15) is 0 Å². The molecule has 1 heteroatoms. The van der Waals surface area contributed by atoms with Gasteiger partial charge in [0.15, 0.2) is 0 Å². The van der Waals surface area contributed by atoms with E-state index >= 15 is 0 Å². The normalized spacial score (nSPS) is 20.0. The van der Waals surface area contributed by atoms with Crippen LogP contribution in [0.1, 0.15) is 32.1 Å². The average molecular weight is 86.1 g/mol. The lowest BCUT2D eigenvalue weighted by Gasteiger charge is -1.67. The molecule has 1 rings (SSSR count). The second-order valence-corrected chi connectivity index (χ2v) is 1.77. The molecule has 1 saturated carbocycles. The Morgan fingerprint density at radius 2 is 0.667 bits per heavy atom. The van der Waals surface area contributed by atoms with Crippen LogP contribution in [0, 0.1) is 0 Å². The third-order valence-electron chi connectivity index (χ3n) is 1.25. The lowest BCUT2D eigenvalue weighted by atomic mass is 10.4. The van der Waals surface area contributed by atoms with Gasteiger partial charge in [-0.25, -0.2) is 0 Å². The molecule has 0 N–H and O–H groups in total. The highest BCUT2D eigenvalue weighted by Crippen LogP contribution is 2.15. The monoisotopic (exact) mass is 86.1 g/mol. The van der Waals surface area contributed by atoms with Crippen molar-refractivity contribution in [2.45, 2.75) is 32.1 Å². The Labute approximate surface area is 38.7 Å². The molecule has 0 atom stereocenters. The van der Waals surface area contributed by atoms with E-state index in [0.717, 1.165) is 0 Å². The first kappa shape index (κ1) is 5.96. The third kappa shape index (κ3) is 1.41. The molecule has 1 aliphatic rings. The van der Waals surface area contributed by atoms with Gasteiger partial charge < -0.3 is 0 Å². The zero-order valence-corrected chi connectivity index (χ0v) is 3.94. The molecule has 36 valence electrons. The van der Waals surface area contributed by atoms with Crippen molar-refractivity contribution in [3.63, 3.8) is 0 Å². The summed E-state index contributed by atoms with van der Waals surface area (Å²) < 4.78 is 0. The van der Waals surface area contributed by atoms with Crippen molar-refractivity contribution in [2.24, 2.45) is 0 Å². The summed E-state index contributed by atoms with van der Waals surface area (Å²) >= 11 is 0. The van der Waals surface area contributed by atoms with Crippen LogP contribution >= 0.6 is 0 Å². The Morgan fingerprint density at radius 3 is 0.833 bits per heavy atom. The Kier molecular flexibility index (Phi) is 3.14. The minimum atomic E-state index is 0. The summed E-state index contributed by atoms with van der Waals surface area (Å²) in [4.78, 5) is 0. The van der Waals surface area contributed by atoms with Crippen molar-refractivity contribution in [3.8, 4) is 0 Å². The fraction of sp³-hybridized carbons (Fsp3) is 1.00. The van der Waals surface area contributed by atoms with Gasteiger partial charge in [-0.1, -0.05) is 32.1 Å². The van der Waals surface area contributed by atoms with Crippen LogP contribution in [0.3, 0.4) is 0 Å². The summed E-state index contributed by atoms with van der Waals surface area (Å²) in [6.07, 6.45) is 7.50. The summed E-state index contributed by atoms with van der Waals surface area (Å²) in [5.74, 6) is 0. The van der Waals surface area contributed by atoms with Crippen molar-refractivity contribution in [1.82, 2.24) is 0 Å². The number of rotatable bonds is 0. The van der Waals surface area contributed by atoms with Crippen LogP contribution < -0.4 is 0 Å². The largest absolute Gasteiger partial charge is 0.0533 e. The molecule has 0 heterocycles. The highest BCUT2D eigenvalue weighted by atomic mass is 16.0. The Hall–Kier alpha value is -0.0400. The van der Waals surface area contributed by atoms with Gasteiger partial charge in [-0.05, 0) is 0 Å². The van der Waals surface area contributed by atoms with Gasteiger partial charge in [-0.2, -0.15) is 0 Å². The zero-order chi connectivity index (χ0) is 3.54. The summed E-state index contributed by atoms with van der Waals surface area (Å²) in [6, 6.07) is 0. The molecule has 1 fully saturated rings. The van der Waals surface area contributed by atoms with Crippen LogP contribution in [0.2, 0.25) is 0 Å². The molecule has 0 aliphatic heterocycles. The zero-order valence-electron chi connectivity index (χ0n) is 3.94. The van der Waals surface area contributed by atoms with Crippen molar-refractivity contribution in [2.75, 3.05) is 0 Å². The quantitative estimate of drug-likeness (QED) is 0.430. The van der Waals surface area contributed by atoms with Gasteiger partial charge >= 0.3 is 0 Å². The van der Waals surface area contributed by atoms with Crippen LogP contribution in [0.15, 0.2) is 0 Å². The first-order valence-electron chi connectivity index (χ1n) is 2.50. The van der Waals surface area contributed by atoms with E-state index in [4.69, 9.17) is 0 Å². The minimum absolute atomic E-state index is 0. The third-order valence-corrected chi connectivity index (χ3v) is 1.25. The van der Waals surface area contributed by atoms with Gasteiger partial charge in [-0.15, -0.1) is 0 Å². The molecular weight excluding hydrogens is 76.1 g/mol. The summed E-state index contributed by atoms with van der Waals surface area (Å²) in [5.41, 5.74) is 0. The number of hydrogen-bond donors (Lipinski definition) is 0. The minimum Gasteiger partial charge on any atom is -0.0533 e. The van der Waals surface area contributed by atoms with Gasteiger partial charge in [0.05, 0.1) is 0 Å². The van der Waals surface area contributed by atoms with E-state index in [9.17, 15) is 0 Å². The molecular formula is C5H10O. The lowest BCUT2D eigenvalue weighted by molar-refractivity contribution is 0.686. The van der Waals surface area contributed by atoms with Crippen molar-refractivity contribution in [3.05, 3.63) is 0 Å². The van der Waals surface area contributed by atoms with Crippen molar-refractivity contribution >= 4 is 0 Å². The smallest absolute Gasteiger partial charge is 0 e. The van der Waals surface area contributed by atoms with Crippen molar-refractivity contribution in [1.29, 1.82) is 0 Å². The second kappa shape index (κ2) is 3.16. The number of hydrogen-bond acceptors (Lipinski definition) is 0. The summed E-state index contributed by atoms with van der Waals surface area (Å²) in [7, 11) is 0. The fourth-order valence-corrected chi connectivity index (χ4v) is 0.884. The topological polar surface area (TPSA) is 28.5 Å². The van der Waals surface area contributed by atoms with Crippen molar-refractivity contribution < 1.29 is 5.48 Å². The Balaban J connectivity index is 0.000000250. The highest BCUT2D eigenvalue weighted by molar-refractivity contribution is 4.51. The standard InChI is InChI=1S/C5H10.O/c1-2-4-5-3-1;/h1-5H2;. The van der Waals surface area contributed by atoms with Gasteiger partial charge in [0.2, 0.25) is 0 Å². The molecule has 6 heavy (non-hydrogen) atoms. The van der Waals surface area contributed by atoms with E-state index in [-0.39, 0.29) is 5.48 Å². The molecule has 1 nitrogen and oxygen atoms in total. The first-order valence-corrected chi connectivity index (χ1v) is 2.50. The predicted molar refractivity (Wildman–Crippen MR) is 23.8 cm³/mol. The average Bonchev–Trinajstić information content (AvgIpc) is 1.76. The summed E-state index contributed by atoms with van der Waals surface area (Å²) in [5, 5.41) is 0. The van der Waals surface area contributed by atoms with Crippen LogP contribution in [-0.4, -0.2) is 0 Å². The maximum atomic E-state index is 1.50. The van der Waals surface area contributed by atoms with E-state index in [1.165, 1.54) is 32.1 Å². The molecule has 0 aromatic heterocycles. The fourth-order valence-electron chi connectivity index (χ4n) is 0.884. The van der Waals surface area contributed by atoms with Crippen LogP contribution in [0.25, 0.3) is 0 Å². The van der Waals surface area contributed by atoms with E-state index in [2.05, 4.69) is 0 Å². The first-order chi connectivity index (χ1) is 2.50. The van der Waals surface area contributed by atoms with Crippen LogP contribution in [-0.2, 0) is 5.48 Å². The van der Waals surface area contributed by atoms with E-state index in [1.807, 2.05) is 0 Å². The van der Waals surface area contributed by atoms with Crippen LogP contribution in [0.5, 0.6) is 0 Å². The molecule has 0 unspecified atom stereocenters. The molecule has 0 amide bonds. The maximum absolute atomic E-state index is 1.50. The lowest BCUT2D eigenvalue weighted by Crippen LogP contribution is -1.47. The maximum Gasteiger partial charge on any atom is 0 e. The Bertz CT molecular complexity index is 15.5. The van der Waals surface area contributed by atoms with E-state index in [0.29, 0.717) is 0 Å². The Morgan fingerprint density at radius 1 is 0.500 bits per heavy atom. The summed E-state index contributed by atoms with van der Waals surface area (Å²) in [6.45, 7) is 0. The SMILES string of the molecule is C1CCCC1.[O]. The molecule has 0 saturated heterocycles. The van der Waals surface area contributed by atoms with Gasteiger partial charge in [0.25, 0.3) is 0 Å². The second-order valence-electron chi connectivity index (χ2n) is 1.77. The molecule has 1 aliphatic carbocycles. The molecule has 0 aromatic carbocycles. The molecule has 0 bridgehead atoms. The predicted octanol–water partition coefficient (Wildman–Crippen LogP) is 1.83. The molecule has 0 spiro atoms. The van der Waals surface area contributed by atoms with Crippen LogP contribution in [0.4, 0.5) is 0 Å². The molecule has 2 radical (unpaired) electrons. The van der Waals surface area contributed by atoms with E-state index in [1.54, 1.807) is 0 Å². The van der Waals surface area contributed by atoms with Gasteiger partial charge in [0, 0.05) is 5.48 Å². The highest BCUT2D eigenvalue weighted by Gasteiger charge is 1.95. The van der Waals surface area contributed by atoms with Gasteiger partial charge in [-0.3, -0.25) is 0 Å². The molecule has 0 aromatic rings.